The van der Waals surface area contributed by atoms with E-state index >= 15 is 0 Å². The predicted molar refractivity (Wildman–Crippen MR) is 83.4 cm³/mol. The van der Waals surface area contributed by atoms with Crippen molar-refractivity contribution in [3.63, 3.8) is 0 Å². The number of imidazole rings is 1. The summed E-state index contributed by atoms with van der Waals surface area (Å²) in [6.45, 7) is 2.94. The lowest BCUT2D eigenvalue weighted by molar-refractivity contribution is 0.669. The SMILES string of the molecule is CCn1c(C(N)c2cncc(Br)c2)nc2ccccc21. The average Bonchev–Trinajstić information content (AvgIpc) is 2.85. The first-order valence-corrected chi connectivity index (χ1v) is 7.31. The molecule has 3 aromatic rings. The smallest absolute Gasteiger partial charge is 0.131 e. The summed E-state index contributed by atoms with van der Waals surface area (Å²) in [4.78, 5) is 8.86. The molecule has 0 saturated heterocycles. The third-order valence-electron chi connectivity index (χ3n) is 3.36. The summed E-state index contributed by atoms with van der Waals surface area (Å²) in [5, 5.41) is 0. The van der Waals surface area contributed by atoms with Gasteiger partial charge in [0.05, 0.1) is 17.1 Å². The number of nitrogens with two attached hydrogens (primary N) is 1. The van der Waals surface area contributed by atoms with Gasteiger partial charge in [-0.1, -0.05) is 12.1 Å². The van der Waals surface area contributed by atoms with Gasteiger partial charge in [-0.2, -0.15) is 0 Å². The molecule has 0 spiro atoms. The molecule has 0 bridgehead atoms. The van der Waals surface area contributed by atoms with Gasteiger partial charge in [-0.3, -0.25) is 4.98 Å². The molecule has 0 radical (unpaired) electrons. The summed E-state index contributed by atoms with van der Waals surface area (Å²) >= 11 is 3.43. The molecular formula is C15H15BrN4. The number of benzene rings is 1. The maximum atomic E-state index is 6.38. The zero-order valence-electron chi connectivity index (χ0n) is 11.1. The van der Waals surface area contributed by atoms with Crippen LogP contribution in [0.15, 0.2) is 47.2 Å². The lowest BCUT2D eigenvalue weighted by Crippen LogP contribution is -2.18. The molecule has 0 aliphatic carbocycles. The Morgan fingerprint density at radius 2 is 2.10 bits per heavy atom. The highest BCUT2D eigenvalue weighted by atomic mass is 79.9. The van der Waals surface area contributed by atoms with Gasteiger partial charge in [-0.05, 0) is 46.6 Å². The highest BCUT2D eigenvalue weighted by Crippen LogP contribution is 2.25. The number of hydrogen-bond donors (Lipinski definition) is 1. The molecule has 4 nitrogen and oxygen atoms in total. The normalized spacial score (nSPS) is 12.8. The molecule has 20 heavy (non-hydrogen) atoms. The third kappa shape index (κ3) is 2.23. The van der Waals surface area contributed by atoms with E-state index < -0.39 is 0 Å². The van der Waals surface area contributed by atoms with Crippen molar-refractivity contribution in [3.05, 3.63) is 58.6 Å². The molecule has 3 rings (SSSR count). The minimum absolute atomic E-state index is 0.285. The first-order chi connectivity index (χ1) is 9.70. The van der Waals surface area contributed by atoms with Crippen LogP contribution in [0.3, 0.4) is 0 Å². The van der Waals surface area contributed by atoms with Gasteiger partial charge < -0.3 is 10.3 Å². The van der Waals surface area contributed by atoms with Crippen molar-refractivity contribution < 1.29 is 0 Å². The number of pyridine rings is 1. The standard InChI is InChI=1S/C15H15BrN4/c1-2-20-13-6-4-3-5-12(13)19-15(20)14(17)10-7-11(16)9-18-8-10/h3-9,14H,2,17H2,1H3. The Hall–Kier alpha value is -1.72. The van der Waals surface area contributed by atoms with Crippen molar-refractivity contribution >= 4 is 27.0 Å². The summed E-state index contributed by atoms with van der Waals surface area (Å²) < 4.78 is 3.07. The number of nitrogens with zero attached hydrogens (tertiary/aromatic N) is 3. The topological polar surface area (TPSA) is 56.7 Å². The van der Waals surface area contributed by atoms with Crippen LogP contribution < -0.4 is 5.73 Å². The molecule has 2 heterocycles. The van der Waals surface area contributed by atoms with Crippen LogP contribution in [0.2, 0.25) is 0 Å². The van der Waals surface area contributed by atoms with Crippen molar-refractivity contribution in [2.45, 2.75) is 19.5 Å². The van der Waals surface area contributed by atoms with Crippen LogP contribution in [-0.4, -0.2) is 14.5 Å². The Morgan fingerprint density at radius 1 is 1.30 bits per heavy atom. The van der Waals surface area contributed by atoms with E-state index in [9.17, 15) is 0 Å². The zero-order chi connectivity index (χ0) is 14.1. The minimum Gasteiger partial charge on any atom is -0.327 e. The summed E-state index contributed by atoms with van der Waals surface area (Å²) in [5.41, 5.74) is 9.42. The predicted octanol–water partition coefficient (Wildman–Crippen LogP) is 3.26. The van der Waals surface area contributed by atoms with Crippen molar-refractivity contribution in [3.8, 4) is 0 Å². The molecule has 0 fully saturated rings. The summed E-state index contributed by atoms with van der Waals surface area (Å²) in [7, 11) is 0. The van der Waals surface area contributed by atoms with E-state index in [0.29, 0.717) is 0 Å². The maximum Gasteiger partial charge on any atom is 0.131 e. The molecule has 1 aromatic carbocycles. The monoisotopic (exact) mass is 330 g/mol. The van der Waals surface area contributed by atoms with Crippen LogP contribution in [-0.2, 0) is 6.54 Å². The van der Waals surface area contributed by atoms with Crippen LogP contribution >= 0.6 is 15.9 Å². The van der Waals surface area contributed by atoms with Crippen molar-refractivity contribution in [1.82, 2.24) is 14.5 Å². The molecule has 0 aliphatic heterocycles. The summed E-state index contributed by atoms with van der Waals surface area (Å²) in [6, 6.07) is 9.79. The molecule has 102 valence electrons. The first kappa shape index (κ1) is 13.3. The number of rotatable bonds is 3. The number of halogens is 1. The van der Waals surface area contributed by atoms with Gasteiger partial charge in [0.25, 0.3) is 0 Å². The molecule has 0 aliphatic rings. The fraction of sp³-hybridized carbons (Fsp3) is 0.200. The lowest BCUT2D eigenvalue weighted by Gasteiger charge is -2.13. The average molecular weight is 331 g/mol. The maximum absolute atomic E-state index is 6.38. The van der Waals surface area contributed by atoms with Crippen LogP contribution in [0.5, 0.6) is 0 Å². The van der Waals surface area contributed by atoms with Crippen LogP contribution in [0.1, 0.15) is 24.4 Å². The molecule has 1 unspecified atom stereocenters. The first-order valence-electron chi connectivity index (χ1n) is 6.52. The van der Waals surface area contributed by atoms with E-state index in [1.807, 2.05) is 24.3 Å². The molecular weight excluding hydrogens is 316 g/mol. The Morgan fingerprint density at radius 3 is 2.85 bits per heavy atom. The van der Waals surface area contributed by atoms with E-state index in [1.165, 1.54) is 0 Å². The lowest BCUT2D eigenvalue weighted by atomic mass is 10.1. The van der Waals surface area contributed by atoms with Crippen LogP contribution in [0, 0.1) is 0 Å². The van der Waals surface area contributed by atoms with Gasteiger partial charge in [-0.25, -0.2) is 4.98 Å². The largest absolute Gasteiger partial charge is 0.327 e. The molecule has 1 atom stereocenters. The Kier molecular flexibility index (Phi) is 3.54. The number of aromatic nitrogens is 3. The van der Waals surface area contributed by atoms with E-state index in [0.717, 1.165) is 33.4 Å². The highest BCUT2D eigenvalue weighted by molar-refractivity contribution is 9.10. The van der Waals surface area contributed by atoms with Gasteiger partial charge in [-0.15, -0.1) is 0 Å². The van der Waals surface area contributed by atoms with Crippen molar-refractivity contribution in [2.24, 2.45) is 5.73 Å². The number of aryl methyl sites for hydroxylation is 1. The Bertz CT molecular complexity index is 750. The van der Waals surface area contributed by atoms with Gasteiger partial charge in [0.15, 0.2) is 0 Å². The fourth-order valence-corrected chi connectivity index (χ4v) is 2.79. The van der Waals surface area contributed by atoms with Gasteiger partial charge >= 0.3 is 0 Å². The number of para-hydroxylation sites is 2. The molecule has 0 amide bonds. The van der Waals surface area contributed by atoms with E-state index in [4.69, 9.17) is 5.73 Å². The van der Waals surface area contributed by atoms with Gasteiger partial charge in [0.1, 0.15) is 5.82 Å². The van der Waals surface area contributed by atoms with Crippen molar-refractivity contribution in [2.75, 3.05) is 0 Å². The molecule has 2 aromatic heterocycles. The summed E-state index contributed by atoms with van der Waals surface area (Å²) in [5.74, 6) is 0.869. The van der Waals surface area contributed by atoms with E-state index in [-0.39, 0.29) is 6.04 Å². The second-order valence-electron chi connectivity index (χ2n) is 4.62. The third-order valence-corrected chi connectivity index (χ3v) is 3.80. The molecule has 2 N–H and O–H groups in total. The fourth-order valence-electron chi connectivity index (χ4n) is 2.41. The minimum atomic E-state index is -0.285. The van der Waals surface area contributed by atoms with Crippen LogP contribution in [0.4, 0.5) is 0 Å². The van der Waals surface area contributed by atoms with Crippen LogP contribution in [0.25, 0.3) is 11.0 Å². The zero-order valence-corrected chi connectivity index (χ0v) is 12.7. The van der Waals surface area contributed by atoms with E-state index in [2.05, 4.69) is 43.5 Å². The second-order valence-corrected chi connectivity index (χ2v) is 5.53. The number of fused-ring (bicyclic) bond motifs is 1. The van der Waals surface area contributed by atoms with E-state index in [1.54, 1.807) is 12.4 Å². The highest BCUT2D eigenvalue weighted by Gasteiger charge is 2.18. The number of hydrogen-bond acceptors (Lipinski definition) is 3. The second kappa shape index (κ2) is 5.34. The Balaban J connectivity index is 2.14. The van der Waals surface area contributed by atoms with Gasteiger partial charge in [0.2, 0.25) is 0 Å². The summed E-state index contributed by atoms with van der Waals surface area (Å²) in [6.07, 6.45) is 3.54. The van der Waals surface area contributed by atoms with Gasteiger partial charge in [0, 0.05) is 23.4 Å². The Labute approximate surface area is 125 Å². The molecule has 0 saturated carbocycles. The quantitative estimate of drug-likeness (QED) is 0.801. The van der Waals surface area contributed by atoms with Crippen molar-refractivity contribution in [1.29, 1.82) is 0 Å². The molecule has 5 heteroatoms.